The summed E-state index contributed by atoms with van der Waals surface area (Å²) in [6.45, 7) is 7.74. The van der Waals surface area contributed by atoms with Crippen molar-refractivity contribution in [2.75, 3.05) is 19.6 Å². The summed E-state index contributed by atoms with van der Waals surface area (Å²) in [7, 11) is 0. The fourth-order valence-electron chi connectivity index (χ4n) is 3.28. The second-order valence-corrected chi connectivity index (χ2v) is 7.63. The number of nitrogens with one attached hydrogen (secondary N) is 1. The fraction of sp³-hybridized carbons (Fsp3) is 0.875. The van der Waals surface area contributed by atoms with Gasteiger partial charge in [0.2, 0.25) is 0 Å². The standard InChI is InChI=1S/C16H28N2O3/c1-15(2,13(19)20)12-6-4-9-18(10-12)14(21)17-11-16(3)7-5-8-16/h12H,4-11H2,1-3H3,(H,17,21)(H,19,20). The van der Waals surface area contributed by atoms with Crippen molar-refractivity contribution in [2.24, 2.45) is 16.7 Å². The van der Waals surface area contributed by atoms with E-state index in [1.165, 1.54) is 19.3 Å². The summed E-state index contributed by atoms with van der Waals surface area (Å²) in [5.74, 6) is -0.759. The molecule has 1 unspecified atom stereocenters. The Morgan fingerprint density at radius 3 is 2.52 bits per heavy atom. The van der Waals surface area contributed by atoms with Crippen molar-refractivity contribution in [3.05, 3.63) is 0 Å². The highest BCUT2D eigenvalue weighted by Gasteiger charge is 2.40. The lowest BCUT2D eigenvalue weighted by Gasteiger charge is -2.41. The van der Waals surface area contributed by atoms with Crippen LogP contribution in [0.2, 0.25) is 0 Å². The van der Waals surface area contributed by atoms with E-state index in [1.807, 2.05) is 0 Å². The number of rotatable bonds is 4. The molecule has 0 aromatic carbocycles. The lowest BCUT2D eigenvalue weighted by molar-refractivity contribution is -0.151. The third kappa shape index (κ3) is 3.50. The molecule has 2 amide bonds. The Bertz CT molecular complexity index is 416. The minimum absolute atomic E-state index is 0.0220. The van der Waals surface area contributed by atoms with Crippen LogP contribution in [0.15, 0.2) is 0 Å². The van der Waals surface area contributed by atoms with Gasteiger partial charge in [-0.2, -0.15) is 0 Å². The number of urea groups is 1. The Kier molecular flexibility index (Phi) is 4.49. The molecule has 2 aliphatic rings. The van der Waals surface area contributed by atoms with Gasteiger partial charge >= 0.3 is 12.0 Å². The molecule has 1 aliphatic heterocycles. The van der Waals surface area contributed by atoms with Gasteiger partial charge in [0.05, 0.1) is 5.41 Å². The summed E-state index contributed by atoms with van der Waals surface area (Å²) < 4.78 is 0. The summed E-state index contributed by atoms with van der Waals surface area (Å²) in [4.78, 5) is 25.5. The molecule has 1 saturated heterocycles. The molecule has 2 rings (SSSR count). The highest BCUT2D eigenvalue weighted by Crippen LogP contribution is 2.39. The van der Waals surface area contributed by atoms with Gasteiger partial charge in [0.15, 0.2) is 0 Å². The fourth-order valence-corrected chi connectivity index (χ4v) is 3.28. The Balaban J connectivity index is 1.88. The van der Waals surface area contributed by atoms with Crippen LogP contribution < -0.4 is 5.32 Å². The van der Waals surface area contributed by atoms with Crippen LogP contribution in [0.1, 0.15) is 52.9 Å². The van der Waals surface area contributed by atoms with Crippen molar-refractivity contribution in [3.8, 4) is 0 Å². The van der Waals surface area contributed by atoms with Crippen molar-refractivity contribution in [1.29, 1.82) is 0 Å². The summed E-state index contributed by atoms with van der Waals surface area (Å²) in [5, 5.41) is 12.4. The molecule has 0 spiro atoms. The Morgan fingerprint density at radius 2 is 2.00 bits per heavy atom. The molecule has 0 bridgehead atoms. The van der Waals surface area contributed by atoms with E-state index in [0.717, 1.165) is 25.9 Å². The van der Waals surface area contributed by atoms with E-state index in [4.69, 9.17) is 0 Å². The minimum Gasteiger partial charge on any atom is -0.481 e. The van der Waals surface area contributed by atoms with Gasteiger partial charge in [-0.25, -0.2) is 4.79 Å². The van der Waals surface area contributed by atoms with E-state index in [1.54, 1.807) is 18.7 Å². The van der Waals surface area contributed by atoms with Gasteiger partial charge in [0, 0.05) is 19.6 Å². The van der Waals surface area contributed by atoms with Crippen molar-refractivity contribution in [1.82, 2.24) is 10.2 Å². The molecule has 2 N–H and O–H groups in total. The minimum atomic E-state index is -0.781. The van der Waals surface area contributed by atoms with Gasteiger partial charge in [0.1, 0.15) is 0 Å². The average Bonchev–Trinajstić information content (AvgIpc) is 2.42. The van der Waals surface area contributed by atoms with E-state index in [9.17, 15) is 14.7 Å². The molecule has 1 saturated carbocycles. The van der Waals surface area contributed by atoms with E-state index >= 15 is 0 Å². The van der Waals surface area contributed by atoms with E-state index < -0.39 is 11.4 Å². The van der Waals surface area contributed by atoms with Crippen molar-refractivity contribution in [2.45, 2.75) is 52.9 Å². The van der Waals surface area contributed by atoms with E-state index in [-0.39, 0.29) is 17.4 Å². The number of carbonyl (C=O) groups excluding carboxylic acids is 1. The maximum Gasteiger partial charge on any atom is 0.317 e. The number of likely N-dealkylation sites (tertiary alicyclic amines) is 1. The second-order valence-electron chi connectivity index (χ2n) is 7.63. The number of amides is 2. The first-order chi connectivity index (χ1) is 9.74. The maximum atomic E-state index is 12.3. The highest BCUT2D eigenvalue weighted by atomic mass is 16.4. The van der Waals surface area contributed by atoms with E-state index in [0.29, 0.717) is 6.54 Å². The number of aliphatic carboxylic acids is 1. The molecule has 21 heavy (non-hydrogen) atoms. The van der Waals surface area contributed by atoms with Crippen molar-refractivity contribution >= 4 is 12.0 Å². The van der Waals surface area contributed by atoms with Crippen LogP contribution in [-0.4, -0.2) is 41.6 Å². The van der Waals surface area contributed by atoms with E-state index in [2.05, 4.69) is 12.2 Å². The van der Waals surface area contributed by atoms with Gasteiger partial charge in [-0.05, 0) is 50.9 Å². The van der Waals surface area contributed by atoms with Crippen LogP contribution >= 0.6 is 0 Å². The van der Waals surface area contributed by atoms with Crippen molar-refractivity contribution in [3.63, 3.8) is 0 Å². The first-order valence-corrected chi connectivity index (χ1v) is 8.01. The monoisotopic (exact) mass is 296 g/mol. The van der Waals surface area contributed by atoms with Gasteiger partial charge in [-0.15, -0.1) is 0 Å². The zero-order valence-corrected chi connectivity index (χ0v) is 13.4. The average molecular weight is 296 g/mol. The van der Waals surface area contributed by atoms with Gasteiger partial charge in [0.25, 0.3) is 0 Å². The quantitative estimate of drug-likeness (QED) is 0.838. The SMILES string of the molecule is CC1(CNC(=O)N2CCCC(C(C)(C)C(=O)O)C2)CCC1. The normalized spacial score (nSPS) is 25.1. The summed E-state index contributed by atoms with van der Waals surface area (Å²) >= 11 is 0. The molecule has 1 atom stereocenters. The molecule has 0 radical (unpaired) electrons. The summed E-state index contributed by atoms with van der Waals surface area (Å²) in [6.07, 6.45) is 5.38. The predicted molar refractivity (Wildman–Crippen MR) is 81.1 cm³/mol. The maximum absolute atomic E-state index is 12.3. The van der Waals surface area contributed by atoms with Crippen LogP contribution in [0, 0.1) is 16.7 Å². The largest absolute Gasteiger partial charge is 0.481 e. The molecule has 1 aliphatic carbocycles. The third-order valence-electron chi connectivity index (χ3n) is 5.51. The molecule has 2 fully saturated rings. The zero-order valence-electron chi connectivity index (χ0n) is 13.4. The predicted octanol–water partition coefficient (Wildman–Crippen LogP) is 2.71. The number of nitrogens with zero attached hydrogens (tertiary/aromatic N) is 1. The lowest BCUT2D eigenvalue weighted by Crippen LogP contribution is -2.51. The molecule has 0 aromatic heterocycles. The van der Waals surface area contributed by atoms with Gasteiger partial charge in [-0.3, -0.25) is 4.79 Å². The zero-order chi connectivity index (χ0) is 15.7. The molecule has 5 nitrogen and oxygen atoms in total. The Morgan fingerprint density at radius 1 is 1.33 bits per heavy atom. The third-order valence-corrected chi connectivity index (χ3v) is 5.51. The number of carboxylic acids is 1. The second kappa shape index (κ2) is 5.85. The highest BCUT2D eigenvalue weighted by molar-refractivity contribution is 5.76. The molecule has 0 aromatic rings. The molecule has 5 heteroatoms. The number of carboxylic acid groups (broad SMARTS) is 1. The smallest absolute Gasteiger partial charge is 0.317 e. The van der Waals surface area contributed by atoms with Crippen molar-refractivity contribution < 1.29 is 14.7 Å². The van der Waals surface area contributed by atoms with Crippen LogP contribution in [0.25, 0.3) is 0 Å². The Hall–Kier alpha value is -1.26. The molecular formula is C16H28N2O3. The topological polar surface area (TPSA) is 69.6 Å². The number of hydrogen-bond acceptors (Lipinski definition) is 2. The summed E-state index contributed by atoms with van der Waals surface area (Å²) in [5.41, 5.74) is -0.510. The van der Waals surface area contributed by atoms with Crippen LogP contribution in [0.5, 0.6) is 0 Å². The van der Waals surface area contributed by atoms with Gasteiger partial charge < -0.3 is 15.3 Å². The van der Waals surface area contributed by atoms with Gasteiger partial charge in [-0.1, -0.05) is 13.3 Å². The lowest BCUT2D eigenvalue weighted by atomic mass is 9.70. The van der Waals surface area contributed by atoms with Crippen LogP contribution in [0.3, 0.4) is 0 Å². The molecule has 1 heterocycles. The Labute approximate surface area is 127 Å². The number of hydrogen-bond donors (Lipinski definition) is 2. The first kappa shape index (κ1) is 16.1. The molecular weight excluding hydrogens is 268 g/mol. The van der Waals surface area contributed by atoms with Crippen LogP contribution in [-0.2, 0) is 4.79 Å². The summed E-state index contributed by atoms with van der Waals surface area (Å²) in [6, 6.07) is -0.0333. The number of piperidine rings is 1. The van der Waals surface area contributed by atoms with Crippen LogP contribution in [0.4, 0.5) is 4.79 Å². The first-order valence-electron chi connectivity index (χ1n) is 8.01. The molecule has 120 valence electrons. The number of carbonyl (C=O) groups is 2.